The van der Waals surface area contributed by atoms with Crippen LogP contribution >= 0.6 is 10.0 Å². The summed E-state index contributed by atoms with van der Waals surface area (Å²) in [5, 5.41) is 0.297. The van der Waals surface area contributed by atoms with Gasteiger partial charge in [-0.25, -0.2) is 4.99 Å². The molecule has 1 saturated carbocycles. The predicted molar refractivity (Wildman–Crippen MR) is 155 cm³/mol. The van der Waals surface area contributed by atoms with E-state index in [0.717, 1.165) is 60.6 Å². The number of aryl methyl sites for hydroxylation is 2. The Bertz CT molecular complexity index is 1300. The van der Waals surface area contributed by atoms with Gasteiger partial charge in [-0.3, -0.25) is 0 Å². The molecule has 1 atom stereocenters. The maximum atomic E-state index is 13.7. The minimum atomic E-state index is -4.91. The van der Waals surface area contributed by atoms with E-state index in [1.54, 1.807) is 6.20 Å². The Kier molecular flexibility index (Phi) is 8.18. The lowest BCUT2D eigenvalue weighted by atomic mass is 10.0. The quantitative estimate of drug-likeness (QED) is 0.309. The highest BCUT2D eigenvalue weighted by atomic mass is 32.3. The standard InChI is InChI=1S/C31H37F6N3S/c1-3-40(17-21-7-4-5-8-21)28-14-24-10-6-9-23(24)13-25(28)19-41(20(2)16-39-29(41)38)18-22-11-26(30(32,33)34)15-27(12-22)31(35,36)37/h11-16,21H,3-10,17-19H2,1-2H3,(H2,38,39). The van der Waals surface area contributed by atoms with Gasteiger partial charge in [0, 0.05) is 36.5 Å². The number of hydrogen-bond acceptors (Lipinski definition) is 3. The highest BCUT2D eigenvalue weighted by Crippen LogP contribution is 2.63. The van der Waals surface area contributed by atoms with Crippen molar-refractivity contribution in [3.63, 3.8) is 0 Å². The number of halogens is 6. The number of amidine groups is 1. The van der Waals surface area contributed by atoms with E-state index in [1.165, 1.54) is 36.8 Å². The molecule has 2 aliphatic carbocycles. The Labute approximate surface area is 239 Å². The minimum Gasteiger partial charge on any atom is -0.379 e. The average molecular weight is 598 g/mol. The van der Waals surface area contributed by atoms with Crippen molar-refractivity contribution in [1.82, 2.24) is 0 Å². The zero-order chi connectivity index (χ0) is 29.6. The number of anilines is 1. The third-order valence-corrected chi connectivity index (χ3v) is 12.7. The van der Waals surface area contributed by atoms with Crippen LogP contribution in [0.3, 0.4) is 0 Å². The van der Waals surface area contributed by atoms with Crippen LogP contribution in [0.2, 0.25) is 0 Å². The van der Waals surface area contributed by atoms with E-state index in [-0.39, 0.29) is 17.4 Å². The largest absolute Gasteiger partial charge is 0.416 e. The maximum absolute atomic E-state index is 13.7. The summed E-state index contributed by atoms with van der Waals surface area (Å²) < 4.78 is 82.2. The Hall–Kier alpha value is -2.62. The van der Waals surface area contributed by atoms with Crippen molar-refractivity contribution >= 4 is 20.9 Å². The summed E-state index contributed by atoms with van der Waals surface area (Å²) in [4.78, 5) is 7.59. The number of benzene rings is 2. The summed E-state index contributed by atoms with van der Waals surface area (Å²) in [5.74, 6) is 0.998. The van der Waals surface area contributed by atoms with Gasteiger partial charge in [-0.2, -0.15) is 26.3 Å². The van der Waals surface area contributed by atoms with Crippen LogP contribution in [0.5, 0.6) is 0 Å². The SMILES string of the molecule is CCN(CC1CCCC1)c1cc2c(cc1CS1(Cc3cc(C(F)(F)F)cc(C(F)(F)F)c3)C(C)=CN=C1N)CCC2. The van der Waals surface area contributed by atoms with Crippen molar-refractivity contribution in [1.29, 1.82) is 0 Å². The molecule has 3 aliphatic rings. The Morgan fingerprint density at radius 1 is 0.878 bits per heavy atom. The summed E-state index contributed by atoms with van der Waals surface area (Å²) in [5.41, 5.74) is 8.64. The molecule has 0 saturated heterocycles. The number of hydrogen-bond donors (Lipinski definition) is 1. The zero-order valence-electron chi connectivity index (χ0n) is 23.5. The highest BCUT2D eigenvalue weighted by Gasteiger charge is 2.40. The van der Waals surface area contributed by atoms with Gasteiger partial charge in [-0.1, -0.05) is 18.9 Å². The van der Waals surface area contributed by atoms with Crippen LogP contribution in [0.15, 0.2) is 46.4 Å². The van der Waals surface area contributed by atoms with Gasteiger partial charge in [0.15, 0.2) is 0 Å². The molecule has 5 rings (SSSR count). The van der Waals surface area contributed by atoms with Crippen molar-refractivity contribution in [3.05, 3.63) is 74.8 Å². The van der Waals surface area contributed by atoms with Gasteiger partial charge in [0.25, 0.3) is 0 Å². The summed E-state index contributed by atoms with van der Waals surface area (Å²) in [6.45, 7) is 5.73. The van der Waals surface area contributed by atoms with Crippen LogP contribution < -0.4 is 10.6 Å². The number of rotatable bonds is 8. The lowest BCUT2D eigenvalue weighted by molar-refractivity contribution is -0.143. The smallest absolute Gasteiger partial charge is 0.379 e. The number of nitrogens with two attached hydrogens (primary N) is 1. The molecule has 3 nitrogen and oxygen atoms in total. The molecule has 0 bridgehead atoms. The lowest BCUT2D eigenvalue weighted by Crippen LogP contribution is -2.30. The summed E-state index contributed by atoms with van der Waals surface area (Å²) in [6, 6.07) is 6.35. The van der Waals surface area contributed by atoms with Gasteiger partial charge in [-0.05, 0) is 103 Å². The molecule has 1 aliphatic heterocycles. The van der Waals surface area contributed by atoms with E-state index in [9.17, 15) is 26.3 Å². The van der Waals surface area contributed by atoms with Crippen molar-refractivity contribution in [3.8, 4) is 0 Å². The molecule has 41 heavy (non-hydrogen) atoms. The average Bonchev–Trinajstić information content (AvgIpc) is 3.64. The van der Waals surface area contributed by atoms with E-state index in [1.807, 2.05) is 6.92 Å². The van der Waals surface area contributed by atoms with Crippen molar-refractivity contribution < 1.29 is 26.3 Å². The molecule has 1 unspecified atom stereocenters. The first-order valence-corrected chi connectivity index (χ1v) is 16.2. The predicted octanol–water partition coefficient (Wildman–Crippen LogP) is 8.92. The second-order valence-corrected chi connectivity index (χ2v) is 15.0. The third kappa shape index (κ3) is 6.13. The molecule has 0 radical (unpaired) electrons. The molecule has 1 heterocycles. The molecule has 224 valence electrons. The molecule has 10 heteroatoms. The number of nitrogens with zero attached hydrogens (tertiary/aromatic N) is 2. The second kappa shape index (κ2) is 11.2. The lowest BCUT2D eigenvalue weighted by Gasteiger charge is -2.39. The Morgan fingerprint density at radius 2 is 1.49 bits per heavy atom. The molecule has 0 spiro atoms. The van der Waals surface area contributed by atoms with Crippen molar-refractivity contribution in [2.45, 2.75) is 82.7 Å². The van der Waals surface area contributed by atoms with Crippen molar-refractivity contribution in [2.75, 3.05) is 18.0 Å². The van der Waals surface area contributed by atoms with E-state index in [0.29, 0.717) is 16.8 Å². The molecule has 2 N–H and O–H groups in total. The Morgan fingerprint density at radius 3 is 2.02 bits per heavy atom. The monoisotopic (exact) mass is 597 g/mol. The first kappa shape index (κ1) is 29.9. The summed E-state index contributed by atoms with van der Waals surface area (Å²) in [6.07, 6.45) is -0.281. The summed E-state index contributed by atoms with van der Waals surface area (Å²) in [7, 11) is -2.23. The molecule has 2 aromatic rings. The number of allylic oxidation sites excluding steroid dienone is 1. The third-order valence-electron chi connectivity index (χ3n) is 8.82. The first-order chi connectivity index (χ1) is 19.3. The molecule has 2 aromatic carbocycles. The molecular formula is C31H37F6N3S. The van der Waals surface area contributed by atoms with E-state index in [4.69, 9.17) is 5.73 Å². The van der Waals surface area contributed by atoms with E-state index < -0.39 is 33.5 Å². The van der Waals surface area contributed by atoms with E-state index in [2.05, 4.69) is 28.9 Å². The number of aliphatic imine (C=N–C) groups is 1. The van der Waals surface area contributed by atoms with Gasteiger partial charge in [0.1, 0.15) is 5.17 Å². The normalized spacial score (nSPS) is 22.8. The van der Waals surface area contributed by atoms with Crippen LogP contribution in [-0.4, -0.2) is 18.3 Å². The number of alkyl halides is 6. The van der Waals surface area contributed by atoms with E-state index >= 15 is 0 Å². The topological polar surface area (TPSA) is 41.6 Å². The molecular weight excluding hydrogens is 560 g/mol. The fraction of sp³-hybridized carbons (Fsp3) is 0.516. The highest BCUT2D eigenvalue weighted by molar-refractivity contribution is 8.47. The van der Waals surface area contributed by atoms with Gasteiger partial charge >= 0.3 is 12.4 Å². The summed E-state index contributed by atoms with van der Waals surface area (Å²) >= 11 is 0. The fourth-order valence-corrected chi connectivity index (χ4v) is 9.76. The Balaban J connectivity index is 1.58. The molecule has 1 fully saturated rings. The van der Waals surface area contributed by atoms with Crippen LogP contribution in [-0.2, 0) is 36.7 Å². The van der Waals surface area contributed by atoms with Crippen LogP contribution in [0.25, 0.3) is 0 Å². The van der Waals surface area contributed by atoms with Crippen LogP contribution in [0, 0.1) is 5.92 Å². The van der Waals surface area contributed by atoms with Gasteiger partial charge in [0.2, 0.25) is 0 Å². The zero-order valence-corrected chi connectivity index (χ0v) is 24.3. The fourth-order valence-electron chi connectivity index (χ4n) is 6.57. The van der Waals surface area contributed by atoms with Crippen LogP contribution in [0.1, 0.15) is 79.3 Å². The minimum absolute atomic E-state index is 0.0315. The molecule has 0 aromatic heterocycles. The maximum Gasteiger partial charge on any atom is 0.416 e. The second-order valence-electron chi connectivity index (χ2n) is 11.6. The van der Waals surface area contributed by atoms with Gasteiger partial charge in [-0.15, -0.1) is 10.0 Å². The van der Waals surface area contributed by atoms with Crippen molar-refractivity contribution in [2.24, 2.45) is 16.6 Å². The first-order valence-electron chi connectivity index (χ1n) is 14.3. The number of fused-ring (bicyclic) bond motifs is 1. The van der Waals surface area contributed by atoms with Crippen LogP contribution in [0.4, 0.5) is 32.0 Å². The van der Waals surface area contributed by atoms with Gasteiger partial charge < -0.3 is 10.6 Å². The molecule has 0 amide bonds. The van der Waals surface area contributed by atoms with Gasteiger partial charge in [0.05, 0.1) is 11.1 Å².